The molecule has 0 bridgehead atoms. The Kier molecular flexibility index (Phi) is 7.63. The van der Waals surface area contributed by atoms with Gasteiger partial charge in [0.15, 0.2) is 0 Å². The van der Waals surface area contributed by atoms with Crippen molar-refractivity contribution >= 4 is 29.1 Å². The van der Waals surface area contributed by atoms with Gasteiger partial charge in [0.2, 0.25) is 5.91 Å². The Balaban J connectivity index is 1.65. The number of hydrazine groups is 1. The average Bonchev–Trinajstić information content (AvgIpc) is 3.00. The molecule has 3 amide bonds. The predicted molar refractivity (Wildman–Crippen MR) is 118 cm³/mol. The minimum absolute atomic E-state index is 0.179. The van der Waals surface area contributed by atoms with E-state index in [0.717, 1.165) is 25.7 Å². The molecule has 30 heavy (non-hydrogen) atoms. The van der Waals surface area contributed by atoms with Crippen LogP contribution in [-0.4, -0.2) is 17.7 Å². The van der Waals surface area contributed by atoms with E-state index in [2.05, 4.69) is 16.2 Å². The third-order valence-corrected chi connectivity index (χ3v) is 6.30. The van der Waals surface area contributed by atoms with Gasteiger partial charge in [-0.05, 0) is 48.8 Å². The molecule has 0 spiro atoms. The fourth-order valence-electron chi connectivity index (χ4n) is 3.57. The zero-order chi connectivity index (χ0) is 21.5. The summed E-state index contributed by atoms with van der Waals surface area (Å²) in [4.78, 5) is 39.5. The fraction of sp³-hybridized carbons (Fsp3) is 0.435. The summed E-state index contributed by atoms with van der Waals surface area (Å²) in [5.74, 6) is -0.841. The lowest BCUT2D eigenvalue weighted by Crippen LogP contribution is -2.48. The molecule has 1 unspecified atom stereocenters. The molecule has 2 aromatic rings. The molecule has 0 saturated heterocycles. The van der Waals surface area contributed by atoms with Gasteiger partial charge in [0.1, 0.15) is 6.04 Å². The standard InChI is InChI=1S/C23H29N3O3S/c1-15(2)13-20(27)24-21(16-9-5-3-6-10-16)23(29)26-25-22(28)19-14-17-11-7-4-8-12-18(17)30-19/h3,5-6,9-10,14-15,21H,4,7-8,11-13H2,1-2H3,(H,24,27)(H,25,28)(H,26,29). The van der Waals surface area contributed by atoms with Crippen molar-refractivity contribution in [2.24, 2.45) is 5.92 Å². The normalized spacial score (nSPS) is 14.4. The van der Waals surface area contributed by atoms with Crippen molar-refractivity contribution in [1.82, 2.24) is 16.2 Å². The highest BCUT2D eigenvalue weighted by atomic mass is 32.1. The number of aryl methyl sites for hydroxylation is 2. The van der Waals surface area contributed by atoms with Crippen molar-refractivity contribution in [2.75, 3.05) is 0 Å². The van der Waals surface area contributed by atoms with Crippen LogP contribution in [0.3, 0.4) is 0 Å². The quantitative estimate of drug-likeness (QED) is 0.485. The van der Waals surface area contributed by atoms with Crippen LogP contribution in [0.15, 0.2) is 36.4 Å². The molecule has 1 atom stereocenters. The van der Waals surface area contributed by atoms with E-state index >= 15 is 0 Å². The van der Waals surface area contributed by atoms with Crippen LogP contribution in [0.4, 0.5) is 0 Å². The van der Waals surface area contributed by atoms with E-state index in [0.29, 0.717) is 16.9 Å². The summed E-state index contributed by atoms with van der Waals surface area (Å²) in [5.41, 5.74) is 6.90. The molecule has 0 radical (unpaired) electrons. The Hall–Kier alpha value is -2.67. The average molecular weight is 428 g/mol. The molecule has 1 aliphatic carbocycles. The van der Waals surface area contributed by atoms with Gasteiger partial charge < -0.3 is 5.32 Å². The number of hydrogen-bond acceptors (Lipinski definition) is 4. The maximum Gasteiger partial charge on any atom is 0.279 e. The Morgan fingerprint density at radius 2 is 1.73 bits per heavy atom. The van der Waals surface area contributed by atoms with Gasteiger partial charge in [0.05, 0.1) is 4.88 Å². The molecule has 1 aliphatic rings. The van der Waals surface area contributed by atoms with E-state index in [-0.39, 0.29) is 17.7 Å². The minimum atomic E-state index is -0.877. The first-order chi connectivity index (χ1) is 14.4. The van der Waals surface area contributed by atoms with Gasteiger partial charge >= 0.3 is 0 Å². The summed E-state index contributed by atoms with van der Waals surface area (Å²) in [6.45, 7) is 3.89. The third kappa shape index (κ3) is 5.92. The number of amides is 3. The van der Waals surface area contributed by atoms with E-state index in [9.17, 15) is 14.4 Å². The van der Waals surface area contributed by atoms with Gasteiger partial charge in [-0.25, -0.2) is 0 Å². The van der Waals surface area contributed by atoms with Crippen molar-refractivity contribution in [1.29, 1.82) is 0 Å². The number of hydrogen-bond donors (Lipinski definition) is 3. The van der Waals surface area contributed by atoms with E-state index < -0.39 is 11.9 Å². The number of benzene rings is 1. The van der Waals surface area contributed by atoms with E-state index in [4.69, 9.17) is 0 Å². The number of nitrogens with one attached hydrogen (secondary N) is 3. The smallest absolute Gasteiger partial charge is 0.279 e. The highest BCUT2D eigenvalue weighted by molar-refractivity contribution is 7.14. The Labute approximate surface area is 181 Å². The highest BCUT2D eigenvalue weighted by Crippen LogP contribution is 2.28. The lowest BCUT2D eigenvalue weighted by atomic mass is 10.0. The first kappa shape index (κ1) is 22.0. The summed E-state index contributed by atoms with van der Waals surface area (Å²) in [6.07, 6.45) is 5.86. The van der Waals surface area contributed by atoms with E-state index in [1.54, 1.807) is 12.1 Å². The van der Waals surface area contributed by atoms with Crippen molar-refractivity contribution in [2.45, 2.75) is 58.4 Å². The summed E-state index contributed by atoms with van der Waals surface area (Å²) in [7, 11) is 0. The summed E-state index contributed by atoms with van der Waals surface area (Å²) in [5, 5.41) is 2.77. The van der Waals surface area contributed by atoms with E-state index in [1.807, 2.05) is 38.1 Å². The molecule has 3 rings (SSSR count). The van der Waals surface area contributed by atoms with Crippen LogP contribution in [0.1, 0.15) is 71.2 Å². The predicted octanol–water partition coefficient (Wildman–Crippen LogP) is 3.68. The number of thiophene rings is 1. The minimum Gasteiger partial charge on any atom is -0.340 e. The SMILES string of the molecule is CC(C)CC(=O)NC(C(=O)NNC(=O)c1cc2c(s1)CCCCC2)c1ccccc1. The molecule has 1 aromatic carbocycles. The second kappa shape index (κ2) is 10.4. The van der Waals surface area contributed by atoms with Gasteiger partial charge in [-0.1, -0.05) is 50.6 Å². The summed E-state index contributed by atoms with van der Waals surface area (Å²) >= 11 is 1.50. The largest absolute Gasteiger partial charge is 0.340 e. The first-order valence-corrected chi connectivity index (χ1v) is 11.3. The van der Waals surface area contributed by atoms with Crippen LogP contribution in [0, 0.1) is 5.92 Å². The van der Waals surface area contributed by atoms with Gasteiger partial charge in [0.25, 0.3) is 11.8 Å². The fourth-order valence-corrected chi connectivity index (χ4v) is 4.72. The zero-order valence-corrected chi connectivity index (χ0v) is 18.3. The van der Waals surface area contributed by atoms with Crippen molar-refractivity contribution < 1.29 is 14.4 Å². The molecular weight excluding hydrogens is 398 g/mol. The van der Waals surface area contributed by atoms with Crippen LogP contribution >= 0.6 is 11.3 Å². The third-order valence-electron chi connectivity index (χ3n) is 5.06. The lowest BCUT2D eigenvalue weighted by Gasteiger charge is -2.19. The van der Waals surface area contributed by atoms with Crippen LogP contribution in [0.2, 0.25) is 0 Å². The molecule has 1 heterocycles. The number of rotatable bonds is 6. The molecular formula is C23H29N3O3S. The highest BCUT2D eigenvalue weighted by Gasteiger charge is 2.24. The van der Waals surface area contributed by atoms with Crippen LogP contribution in [-0.2, 0) is 22.4 Å². The number of fused-ring (bicyclic) bond motifs is 1. The molecule has 0 fully saturated rings. The monoisotopic (exact) mass is 427 g/mol. The maximum atomic E-state index is 12.8. The summed E-state index contributed by atoms with van der Waals surface area (Å²) in [6, 6.07) is 10.1. The Bertz CT molecular complexity index is 869. The van der Waals surface area contributed by atoms with Gasteiger partial charge in [-0.3, -0.25) is 25.2 Å². The first-order valence-electron chi connectivity index (χ1n) is 10.5. The molecule has 0 aliphatic heterocycles. The summed E-state index contributed by atoms with van der Waals surface area (Å²) < 4.78 is 0. The maximum absolute atomic E-state index is 12.8. The molecule has 7 heteroatoms. The topological polar surface area (TPSA) is 87.3 Å². The second-order valence-corrected chi connectivity index (χ2v) is 9.21. The van der Waals surface area contributed by atoms with Crippen molar-refractivity contribution in [3.05, 3.63) is 57.3 Å². The van der Waals surface area contributed by atoms with Crippen LogP contribution in [0.25, 0.3) is 0 Å². The lowest BCUT2D eigenvalue weighted by molar-refractivity contribution is -0.130. The van der Waals surface area contributed by atoms with Crippen LogP contribution in [0.5, 0.6) is 0 Å². The van der Waals surface area contributed by atoms with Crippen molar-refractivity contribution in [3.8, 4) is 0 Å². The Morgan fingerprint density at radius 1 is 1.00 bits per heavy atom. The molecule has 0 saturated carbocycles. The van der Waals surface area contributed by atoms with Crippen LogP contribution < -0.4 is 16.2 Å². The van der Waals surface area contributed by atoms with Gasteiger partial charge in [-0.15, -0.1) is 11.3 Å². The molecule has 1 aromatic heterocycles. The zero-order valence-electron chi connectivity index (χ0n) is 17.5. The van der Waals surface area contributed by atoms with E-state index in [1.165, 1.54) is 28.2 Å². The number of carbonyl (C=O) groups is 3. The molecule has 6 nitrogen and oxygen atoms in total. The Morgan fingerprint density at radius 3 is 2.47 bits per heavy atom. The second-order valence-electron chi connectivity index (χ2n) is 8.07. The molecule has 160 valence electrons. The van der Waals surface area contributed by atoms with Gasteiger partial charge in [0, 0.05) is 11.3 Å². The van der Waals surface area contributed by atoms with Gasteiger partial charge in [-0.2, -0.15) is 0 Å². The molecule has 3 N–H and O–H groups in total. The number of carbonyl (C=O) groups excluding carboxylic acids is 3. The van der Waals surface area contributed by atoms with Crippen molar-refractivity contribution in [3.63, 3.8) is 0 Å².